The third-order valence-electron chi connectivity index (χ3n) is 3.25. The van der Waals surface area contributed by atoms with Crippen LogP contribution in [0, 0.1) is 11.3 Å². The van der Waals surface area contributed by atoms with Gasteiger partial charge in [-0.1, -0.05) is 13.8 Å². The van der Waals surface area contributed by atoms with E-state index in [4.69, 9.17) is 10.5 Å². The van der Waals surface area contributed by atoms with Gasteiger partial charge in [0, 0.05) is 19.8 Å². The molecule has 0 bridgehead atoms. The van der Waals surface area contributed by atoms with Gasteiger partial charge in [0.25, 0.3) is 0 Å². The summed E-state index contributed by atoms with van der Waals surface area (Å²) in [5, 5.41) is 2.87. The van der Waals surface area contributed by atoms with Crippen LogP contribution < -0.4 is 11.1 Å². The second-order valence-electron chi connectivity index (χ2n) is 4.86. The highest BCUT2D eigenvalue weighted by Crippen LogP contribution is 2.33. The largest absolute Gasteiger partial charge is 0.381 e. The monoisotopic (exact) mass is 214 g/mol. The Morgan fingerprint density at radius 2 is 2.07 bits per heavy atom. The number of nitrogens with two attached hydrogens (primary N) is 1. The summed E-state index contributed by atoms with van der Waals surface area (Å²) in [7, 11) is 0. The SMILES string of the molecule is CC(C)(CNC(=O)CN)C1CCOCC1. The number of carbonyl (C=O) groups excluding carboxylic acids is 1. The van der Waals surface area contributed by atoms with E-state index in [0.29, 0.717) is 12.5 Å². The van der Waals surface area contributed by atoms with E-state index < -0.39 is 0 Å². The summed E-state index contributed by atoms with van der Waals surface area (Å²) in [5.41, 5.74) is 5.38. The van der Waals surface area contributed by atoms with E-state index in [2.05, 4.69) is 19.2 Å². The molecule has 1 heterocycles. The maximum absolute atomic E-state index is 11.1. The summed E-state index contributed by atoms with van der Waals surface area (Å²) in [6.45, 7) is 6.86. The second kappa shape index (κ2) is 5.47. The van der Waals surface area contributed by atoms with E-state index in [1.165, 1.54) is 0 Å². The van der Waals surface area contributed by atoms with E-state index in [0.717, 1.165) is 26.1 Å². The van der Waals surface area contributed by atoms with Crippen LogP contribution in [-0.4, -0.2) is 32.2 Å². The van der Waals surface area contributed by atoms with E-state index in [1.807, 2.05) is 0 Å². The zero-order valence-electron chi connectivity index (χ0n) is 9.71. The first-order valence-corrected chi connectivity index (χ1v) is 5.61. The molecule has 1 fully saturated rings. The zero-order chi connectivity index (χ0) is 11.3. The molecule has 1 saturated heterocycles. The molecule has 1 amide bonds. The molecular weight excluding hydrogens is 192 g/mol. The van der Waals surface area contributed by atoms with E-state index in [-0.39, 0.29) is 17.9 Å². The molecule has 4 heteroatoms. The molecule has 1 aliphatic heterocycles. The van der Waals surface area contributed by atoms with Gasteiger partial charge in [-0.05, 0) is 24.2 Å². The standard InChI is InChI=1S/C11H22N2O2/c1-11(2,8-13-10(14)7-12)9-3-5-15-6-4-9/h9H,3-8,12H2,1-2H3,(H,13,14). The Labute approximate surface area is 91.5 Å². The van der Waals surface area contributed by atoms with Crippen LogP contribution in [0.4, 0.5) is 0 Å². The topological polar surface area (TPSA) is 64.4 Å². The normalized spacial score (nSPS) is 18.9. The highest BCUT2D eigenvalue weighted by Gasteiger charge is 2.30. The average Bonchev–Trinajstić information content (AvgIpc) is 2.27. The summed E-state index contributed by atoms with van der Waals surface area (Å²) in [5.74, 6) is 0.555. The molecule has 1 aliphatic rings. The second-order valence-corrected chi connectivity index (χ2v) is 4.86. The van der Waals surface area contributed by atoms with Crippen molar-refractivity contribution in [1.29, 1.82) is 0 Å². The highest BCUT2D eigenvalue weighted by molar-refractivity contribution is 5.77. The third-order valence-corrected chi connectivity index (χ3v) is 3.25. The van der Waals surface area contributed by atoms with Gasteiger partial charge < -0.3 is 15.8 Å². The maximum atomic E-state index is 11.1. The van der Waals surface area contributed by atoms with Crippen molar-refractivity contribution in [3.8, 4) is 0 Å². The van der Waals surface area contributed by atoms with Gasteiger partial charge in [-0.25, -0.2) is 0 Å². The fourth-order valence-electron chi connectivity index (χ4n) is 2.02. The molecule has 0 unspecified atom stereocenters. The maximum Gasteiger partial charge on any atom is 0.233 e. The van der Waals surface area contributed by atoms with Gasteiger partial charge in [0.2, 0.25) is 5.91 Å². The summed E-state index contributed by atoms with van der Waals surface area (Å²) >= 11 is 0. The Kier molecular flexibility index (Phi) is 4.54. The Morgan fingerprint density at radius 3 is 2.60 bits per heavy atom. The van der Waals surface area contributed by atoms with Crippen LogP contribution in [0.3, 0.4) is 0 Å². The lowest BCUT2D eigenvalue weighted by molar-refractivity contribution is -0.120. The molecule has 15 heavy (non-hydrogen) atoms. The minimum absolute atomic E-state index is 0.0733. The lowest BCUT2D eigenvalue weighted by Gasteiger charge is -2.37. The predicted octanol–water partition coefficient (Wildman–Crippen LogP) is 0.514. The number of hydrogen-bond donors (Lipinski definition) is 2. The smallest absolute Gasteiger partial charge is 0.233 e. The first kappa shape index (κ1) is 12.5. The molecule has 0 atom stereocenters. The fourth-order valence-corrected chi connectivity index (χ4v) is 2.02. The predicted molar refractivity (Wildman–Crippen MR) is 59.4 cm³/mol. The lowest BCUT2D eigenvalue weighted by Crippen LogP contribution is -2.42. The molecule has 3 N–H and O–H groups in total. The van der Waals surface area contributed by atoms with Gasteiger partial charge in [0.1, 0.15) is 0 Å². The summed E-state index contributed by atoms with van der Waals surface area (Å²) < 4.78 is 5.33. The van der Waals surface area contributed by atoms with Gasteiger partial charge in [0.05, 0.1) is 6.54 Å². The fraction of sp³-hybridized carbons (Fsp3) is 0.909. The number of nitrogens with one attached hydrogen (secondary N) is 1. The van der Waals surface area contributed by atoms with E-state index >= 15 is 0 Å². The summed E-state index contributed by atoms with van der Waals surface area (Å²) in [6, 6.07) is 0. The molecule has 0 aliphatic carbocycles. The Balaban J connectivity index is 2.38. The van der Waals surface area contributed by atoms with Crippen molar-refractivity contribution >= 4 is 5.91 Å². The molecule has 0 radical (unpaired) electrons. The number of amides is 1. The third kappa shape index (κ3) is 3.80. The van der Waals surface area contributed by atoms with Crippen LogP contribution in [0.1, 0.15) is 26.7 Å². The number of hydrogen-bond acceptors (Lipinski definition) is 3. The van der Waals surface area contributed by atoms with Crippen molar-refractivity contribution in [2.45, 2.75) is 26.7 Å². The van der Waals surface area contributed by atoms with Crippen LogP contribution in [0.5, 0.6) is 0 Å². The summed E-state index contributed by atoms with van der Waals surface area (Å²) in [4.78, 5) is 11.1. The van der Waals surface area contributed by atoms with Crippen LogP contribution in [0.2, 0.25) is 0 Å². The van der Waals surface area contributed by atoms with Crippen molar-refractivity contribution in [3.63, 3.8) is 0 Å². The molecule has 0 aromatic carbocycles. The number of rotatable bonds is 4. The highest BCUT2D eigenvalue weighted by atomic mass is 16.5. The number of carbonyl (C=O) groups is 1. The first-order chi connectivity index (χ1) is 7.06. The van der Waals surface area contributed by atoms with Crippen molar-refractivity contribution in [1.82, 2.24) is 5.32 Å². The van der Waals surface area contributed by atoms with Gasteiger partial charge in [-0.15, -0.1) is 0 Å². The molecule has 0 aromatic heterocycles. The molecule has 0 spiro atoms. The average molecular weight is 214 g/mol. The minimum atomic E-state index is -0.0739. The van der Waals surface area contributed by atoms with Crippen LogP contribution in [0.25, 0.3) is 0 Å². The zero-order valence-corrected chi connectivity index (χ0v) is 9.71. The molecular formula is C11H22N2O2. The Hall–Kier alpha value is -0.610. The van der Waals surface area contributed by atoms with Gasteiger partial charge in [0.15, 0.2) is 0 Å². The molecule has 0 aromatic rings. The van der Waals surface area contributed by atoms with E-state index in [9.17, 15) is 4.79 Å². The van der Waals surface area contributed by atoms with Gasteiger partial charge in [-0.2, -0.15) is 0 Å². The van der Waals surface area contributed by atoms with Crippen LogP contribution >= 0.6 is 0 Å². The van der Waals surface area contributed by atoms with Crippen molar-refractivity contribution in [2.75, 3.05) is 26.3 Å². The lowest BCUT2D eigenvalue weighted by atomic mass is 9.74. The minimum Gasteiger partial charge on any atom is -0.381 e. The van der Waals surface area contributed by atoms with Crippen molar-refractivity contribution in [2.24, 2.45) is 17.1 Å². The van der Waals surface area contributed by atoms with E-state index in [1.54, 1.807) is 0 Å². The molecule has 1 rings (SSSR count). The van der Waals surface area contributed by atoms with Gasteiger partial charge >= 0.3 is 0 Å². The number of ether oxygens (including phenoxy) is 1. The Morgan fingerprint density at radius 1 is 1.47 bits per heavy atom. The molecule has 88 valence electrons. The van der Waals surface area contributed by atoms with Crippen LogP contribution in [-0.2, 0) is 9.53 Å². The quantitative estimate of drug-likeness (QED) is 0.717. The van der Waals surface area contributed by atoms with Crippen molar-refractivity contribution < 1.29 is 9.53 Å². The van der Waals surface area contributed by atoms with Crippen molar-refractivity contribution in [3.05, 3.63) is 0 Å². The van der Waals surface area contributed by atoms with Crippen LogP contribution in [0.15, 0.2) is 0 Å². The Bertz CT molecular complexity index is 211. The summed E-state index contributed by atoms with van der Waals surface area (Å²) in [6.07, 6.45) is 2.18. The van der Waals surface area contributed by atoms with Gasteiger partial charge in [-0.3, -0.25) is 4.79 Å². The first-order valence-electron chi connectivity index (χ1n) is 5.61. The molecule has 4 nitrogen and oxygen atoms in total. The molecule has 0 saturated carbocycles.